The van der Waals surface area contributed by atoms with Crippen LogP contribution in [0.3, 0.4) is 0 Å². The Balaban J connectivity index is 0. The van der Waals surface area contributed by atoms with Gasteiger partial charge in [-0.25, -0.2) is 9.13 Å². The van der Waals surface area contributed by atoms with E-state index < -0.39 is 15.6 Å². The Kier molecular flexibility index (Phi) is 13.6. The van der Waals surface area contributed by atoms with E-state index in [0.29, 0.717) is 0 Å². The molecule has 0 rings (SSSR count). The second-order valence-corrected chi connectivity index (χ2v) is 6.22. The van der Waals surface area contributed by atoms with Crippen molar-refractivity contribution in [1.82, 2.24) is 0 Å². The summed E-state index contributed by atoms with van der Waals surface area (Å²) in [7, 11) is -8.87. The summed E-state index contributed by atoms with van der Waals surface area (Å²) in [6.45, 7) is 2.34. The van der Waals surface area contributed by atoms with Gasteiger partial charge >= 0.3 is 15.6 Å². The molecule has 0 spiro atoms. The first-order valence-corrected chi connectivity index (χ1v) is 9.14. The largest absolute Gasteiger partial charge is 0.469 e. The van der Waals surface area contributed by atoms with Crippen molar-refractivity contribution in [2.75, 3.05) is 6.61 Å². The lowest BCUT2D eigenvalue weighted by molar-refractivity contribution is 0.193. The minimum absolute atomic E-state index is 0.165. The lowest BCUT2D eigenvalue weighted by Gasteiger charge is -2.04. The number of unbranched alkanes of at least 4 members (excludes halogenated alkanes) is 6. The molecule has 0 aromatic heterocycles. The lowest BCUT2D eigenvalue weighted by atomic mass is 10.1. The fourth-order valence-corrected chi connectivity index (χ4v) is 1.61. The second-order valence-electron chi connectivity index (χ2n) is 3.96. The van der Waals surface area contributed by atoms with Crippen molar-refractivity contribution < 1.29 is 38.1 Å². The van der Waals surface area contributed by atoms with Gasteiger partial charge in [-0.1, -0.05) is 45.4 Å². The molecule has 0 aliphatic heterocycles. The van der Waals surface area contributed by atoms with Crippen molar-refractivity contribution in [1.29, 1.82) is 0 Å². The van der Waals surface area contributed by atoms with Gasteiger partial charge in [0, 0.05) is 0 Å². The minimum Gasteiger partial charge on any atom is -0.303 e. The van der Waals surface area contributed by atoms with Gasteiger partial charge in [0.05, 0.1) is 6.61 Å². The van der Waals surface area contributed by atoms with Crippen molar-refractivity contribution in [2.24, 2.45) is 0 Å². The molecule has 0 unspecified atom stereocenters. The molecule has 0 aliphatic carbocycles. The molecule has 0 radical (unpaired) electrons. The van der Waals surface area contributed by atoms with Gasteiger partial charge in [-0.3, -0.25) is 4.52 Å². The molecule has 19 heavy (non-hydrogen) atoms. The summed E-state index contributed by atoms with van der Waals surface area (Å²) in [5.41, 5.74) is 0. The Morgan fingerprint density at radius 1 is 0.789 bits per heavy atom. The van der Waals surface area contributed by atoms with E-state index in [1.807, 2.05) is 0 Å². The third kappa shape index (κ3) is 38.1. The quantitative estimate of drug-likeness (QED) is 0.320. The number of phosphoric acid groups is 2. The maximum atomic E-state index is 10.3. The molecular weight excluding hydrogens is 298 g/mol. The van der Waals surface area contributed by atoms with Gasteiger partial charge in [0.15, 0.2) is 0 Å². The molecule has 0 aromatic carbocycles. The first kappa shape index (κ1) is 21.5. The van der Waals surface area contributed by atoms with Crippen molar-refractivity contribution in [3.8, 4) is 0 Å². The number of phosphoric ester groups is 1. The van der Waals surface area contributed by atoms with E-state index in [2.05, 4.69) is 11.4 Å². The Hall–Kier alpha value is 0.220. The third-order valence-corrected chi connectivity index (χ3v) is 2.53. The monoisotopic (exact) mass is 322 g/mol. The molecule has 0 saturated heterocycles. The van der Waals surface area contributed by atoms with E-state index in [0.717, 1.165) is 19.3 Å². The molecule has 0 saturated carbocycles. The first-order valence-electron chi connectivity index (χ1n) is 6.04. The normalized spacial score (nSPS) is 11.9. The van der Waals surface area contributed by atoms with Crippen LogP contribution < -0.4 is 0 Å². The zero-order chi connectivity index (χ0) is 15.4. The summed E-state index contributed by atoms with van der Waals surface area (Å²) in [6, 6.07) is 0. The standard InChI is InChI=1S/C9H21O4P.H3O4P/c1-2-3-4-5-6-7-8-9-13-14(10,11)12;1-5(2,3)4/h2-9H2,1H3,(H2,10,11,12);(H3,1,2,3,4). The van der Waals surface area contributed by atoms with Gasteiger partial charge in [0.25, 0.3) is 0 Å². The van der Waals surface area contributed by atoms with Crippen LogP contribution in [0.5, 0.6) is 0 Å². The molecule has 0 aliphatic rings. The van der Waals surface area contributed by atoms with Crippen LogP contribution in [0, 0.1) is 0 Å². The van der Waals surface area contributed by atoms with Crippen molar-refractivity contribution in [2.45, 2.75) is 51.9 Å². The van der Waals surface area contributed by atoms with E-state index in [4.69, 9.17) is 29.0 Å². The van der Waals surface area contributed by atoms with E-state index in [-0.39, 0.29) is 6.61 Å². The van der Waals surface area contributed by atoms with Crippen LogP contribution in [-0.2, 0) is 13.7 Å². The first-order chi connectivity index (χ1) is 8.56. The SMILES string of the molecule is CCCCCCCCCOP(=O)(O)O.O=P(O)(O)O. The summed E-state index contributed by atoms with van der Waals surface area (Å²) in [4.78, 5) is 38.3. The fourth-order valence-electron chi connectivity index (χ4n) is 1.24. The molecule has 5 N–H and O–H groups in total. The lowest BCUT2D eigenvalue weighted by Crippen LogP contribution is -1.92. The summed E-state index contributed by atoms with van der Waals surface area (Å²) in [5, 5.41) is 0. The van der Waals surface area contributed by atoms with Crippen molar-refractivity contribution in [3.05, 3.63) is 0 Å². The molecule has 0 fully saturated rings. The number of hydrogen-bond donors (Lipinski definition) is 5. The molecular formula is C9H24O8P2. The highest BCUT2D eigenvalue weighted by molar-refractivity contribution is 7.46. The van der Waals surface area contributed by atoms with E-state index in [1.165, 1.54) is 25.7 Å². The summed E-state index contributed by atoms with van der Waals surface area (Å²) in [6.07, 6.45) is 7.84. The summed E-state index contributed by atoms with van der Waals surface area (Å²) in [5.74, 6) is 0. The maximum absolute atomic E-state index is 10.3. The Morgan fingerprint density at radius 3 is 1.53 bits per heavy atom. The molecule has 0 aromatic rings. The molecule has 0 heterocycles. The van der Waals surface area contributed by atoms with Gasteiger partial charge in [-0.2, -0.15) is 0 Å². The Labute approximate surface area is 113 Å². The van der Waals surface area contributed by atoms with Gasteiger partial charge in [-0.15, -0.1) is 0 Å². The highest BCUT2D eigenvalue weighted by atomic mass is 31.2. The Bertz CT molecular complexity index is 276. The predicted molar refractivity (Wildman–Crippen MR) is 70.3 cm³/mol. The predicted octanol–water partition coefficient (Wildman–Crippen LogP) is 1.92. The molecule has 8 nitrogen and oxygen atoms in total. The van der Waals surface area contributed by atoms with Crippen molar-refractivity contribution >= 4 is 15.6 Å². The second kappa shape index (κ2) is 12.0. The Morgan fingerprint density at radius 2 is 1.16 bits per heavy atom. The van der Waals surface area contributed by atoms with Crippen LogP contribution in [0.25, 0.3) is 0 Å². The smallest absolute Gasteiger partial charge is 0.303 e. The van der Waals surface area contributed by atoms with Gasteiger partial charge in [0.1, 0.15) is 0 Å². The van der Waals surface area contributed by atoms with Gasteiger partial charge in [-0.05, 0) is 6.42 Å². The van der Waals surface area contributed by atoms with Gasteiger partial charge in [0.2, 0.25) is 0 Å². The minimum atomic E-state index is -4.64. The van der Waals surface area contributed by atoms with Crippen LogP contribution in [0.4, 0.5) is 0 Å². The van der Waals surface area contributed by atoms with E-state index in [9.17, 15) is 4.57 Å². The maximum Gasteiger partial charge on any atom is 0.469 e. The van der Waals surface area contributed by atoms with Crippen LogP contribution in [-0.4, -0.2) is 31.1 Å². The van der Waals surface area contributed by atoms with Crippen LogP contribution >= 0.6 is 15.6 Å². The molecule has 0 bridgehead atoms. The molecule has 10 heteroatoms. The number of rotatable bonds is 9. The van der Waals surface area contributed by atoms with Crippen LogP contribution in [0.15, 0.2) is 0 Å². The third-order valence-electron chi connectivity index (χ3n) is 2.01. The van der Waals surface area contributed by atoms with Crippen LogP contribution in [0.2, 0.25) is 0 Å². The number of hydrogen-bond acceptors (Lipinski definition) is 3. The zero-order valence-electron chi connectivity index (χ0n) is 11.0. The van der Waals surface area contributed by atoms with Crippen LogP contribution in [0.1, 0.15) is 51.9 Å². The highest BCUT2D eigenvalue weighted by Gasteiger charge is 2.12. The van der Waals surface area contributed by atoms with Crippen molar-refractivity contribution in [3.63, 3.8) is 0 Å². The van der Waals surface area contributed by atoms with E-state index >= 15 is 0 Å². The average Bonchev–Trinajstić information content (AvgIpc) is 2.18. The highest BCUT2D eigenvalue weighted by Crippen LogP contribution is 2.35. The molecule has 0 atom stereocenters. The zero-order valence-corrected chi connectivity index (χ0v) is 12.8. The topological polar surface area (TPSA) is 145 Å². The molecule has 0 amide bonds. The summed E-state index contributed by atoms with van der Waals surface area (Å²) >= 11 is 0. The fraction of sp³-hybridized carbons (Fsp3) is 1.00. The molecule has 118 valence electrons. The van der Waals surface area contributed by atoms with E-state index in [1.54, 1.807) is 0 Å². The average molecular weight is 322 g/mol. The summed E-state index contributed by atoms with van der Waals surface area (Å²) < 4.78 is 23.5. The van der Waals surface area contributed by atoms with Gasteiger partial charge < -0.3 is 24.5 Å².